The number of thioether (sulfide) groups is 1. The highest BCUT2D eigenvalue weighted by molar-refractivity contribution is 7.98. The van der Waals surface area contributed by atoms with Crippen molar-refractivity contribution in [2.24, 2.45) is 0 Å². The lowest BCUT2D eigenvalue weighted by molar-refractivity contribution is -0.137. The van der Waals surface area contributed by atoms with Gasteiger partial charge in [-0.2, -0.15) is 11.8 Å². The molecule has 0 heterocycles. The molecule has 0 rings (SSSR count). The normalized spacial score (nSPS) is 11.4. The van der Waals surface area contributed by atoms with Crippen LogP contribution in [0.15, 0.2) is 0 Å². The molecule has 2 amide bonds. The van der Waals surface area contributed by atoms with Crippen molar-refractivity contribution in [1.82, 2.24) is 10.2 Å². The summed E-state index contributed by atoms with van der Waals surface area (Å²) in [6, 6.07) is -0.391. The van der Waals surface area contributed by atoms with Gasteiger partial charge in [-0.15, -0.1) is 6.42 Å². The minimum Gasteiger partial charge on any atom is -0.480 e. The maximum atomic E-state index is 11.8. The second-order valence-electron chi connectivity index (χ2n) is 3.46. The Morgan fingerprint density at radius 1 is 1.59 bits per heavy atom. The zero-order valence-electron chi connectivity index (χ0n) is 10.1. The van der Waals surface area contributed by atoms with Crippen LogP contribution in [0.2, 0.25) is 0 Å². The predicted molar refractivity (Wildman–Crippen MR) is 69.0 cm³/mol. The monoisotopic (exact) mass is 258 g/mol. The smallest absolute Gasteiger partial charge is 0.323 e. The molecule has 96 valence electrons. The van der Waals surface area contributed by atoms with E-state index in [9.17, 15) is 9.59 Å². The molecule has 0 aromatic heterocycles. The van der Waals surface area contributed by atoms with Gasteiger partial charge in [0.25, 0.3) is 0 Å². The summed E-state index contributed by atoms with van der Waals surface area (Å²) in [6.07, 6.45) is 7.84. The number of carboxylic acid groups (broad SMARTS) is 1. The van der Waals surface area contributed by atoms with Crippen molar-refractivity contribution in [3.63, 3.8) is 0 Å². The molecule has 0 bridgehead atoms. The minimum atomic E-state index is -1.08. The van der Waals surface area contributed by atoms with Gasteiger partial charge in [-0.1, -0.05) is 12.8 Å². The molecule has 0 aliphatic heterocycles. The Morgan fingerprint density at radius 2 is 2.24 bits per heavy atom. The number of carboxylic acids is 1. The van der Waals surface area contributed by atoms with Crippen LogP contribution in [0.25, 0.3) is 0 Å². The minimum absolute atomic E-state index is 0.00612. The Hall–Kier alpha value is -1.35. The van der Waals surface area contributed by atoms with E-state index < -0.39 is 12.0 Å². The molecule has 0 saturated heterocycles. The lowest BCUT2D eigenvalue weighted by Crippen LogP contribution is -2.47. The van der Waals surface area contributed by atoms with E-state index in [-0.39, 0.29) is 19.1 Å². The van der Waals surface area contributed by atoms with Crippen LogP contribution in [0.1, 0.15) is 13.3 Å². The standard InChI is InChI=1S/C11H18N2O3S/c1-4-6-13(7-10(14)15)11(16)12-9(5-2)8-17-3/h1,9H,5-8H2,2-3H3,(H,12,16)(H,14,15). The van der Waals surface area contributed by atoms with Gasteiger partial charge in [-0.25, -0.2) is 4.79 Å². The number of hydrogen-bond acceptors (Lipinski definition) is 3. The van der Waals surface area contributed by atoms with Gasteiger partial charge in [0.05, 0.1) is 6.54 Å². The summed E-state index contributed by atoms with van der Waals surface area (Å²) in [5.74, 6) is 1.99. The number of nitrogens with zero attached hydrogens (tertiary/aromatic N) is 1. The van der Waals surface area contributed by atoms with Gasteiger partial charge in [0.1, 0.15) is 6.54 Å². The summed E-state index contributed by atoms with van der Waals surface area (Å²) in [4.78, 5) is 23.4. The van der Waals surface area contributed by atoms with E-state index in [1.165, 1.54) is 0 Å². The van der Waals surface area contributed by atoms with Crippen molar-refractivity contribution in [2.75, 3.05) is 25.1 Å². The molecule has 2 N–H and O–H groups in total. The van der Waals surface area contributed by atoms with Crippen LogP contribution in [0.5, 0.6) is 0 Å². The predicted octanol–water partition coefficient (Wildman–Crippen LogP) is 0.857. The molecule has 0 aliphatic carbocycles. The molecular formula is C11H18N2O3S. The number of carbonyl (C=O) groups is 2. The fourth-order valence-electron chi connectivity index (χ4n) is 1.20. The molecule has 0 aliphatic rings. The fourth-order valence-corrected chi connectivity index (χ4v) is 1.92. The summed E-state index contributed by atoms with van der Waals surface area (Å²) < 4.78 is 0. The molecule has 0 aromatic carbocycles. The average molecular weight is 258 g/mol. The van der Waals surface area contributed by atoms with E-state index in [4.69, 9.17) is 11.5 Å². The maximum Gasteiger partial charge on any atom is 0.323 e. The third-order valence-electron chi connectivity index (χ3n) is 2.08. The number of aliphatic carboxylic acids is 1. The van der Waals surface area contributed by atoms with Crippen LogP contribution in [0.4, 0.5) is 4.79 Å². The van der Waals surface area contributed by atoms with Crippen LogP contribution in [-0.2, 0) is 4.79 Å². The van der Waals surface area contributed by atoms with Crippen molar-refractivity contribution < 1.29 is 14.7 Å². The number of carbonyl (C=O) groups excluding carboxylic acids is 1. The number of urea groups is 1. The van der Waals surface area contributed by atoms with E-state index in [0.29, 0.717) is 0 Å². The first-order valence-corrected chi connectivity index (χ1v) is 6.64. The van der Waals surface area contributed by atoms with E-state index in [0.717, 1.165) is 17.1 Å². The van der Waals surface area contributed by atoms with Crippen LogP contribution in [0, 0.1) is 12.3 Å². The van der Waals surface area contributed by atoms with E-state index >= 15 is 0 Å². The van der Waals surface area contributed by atoms with Crippen molar-refractivity contribution >= 4 is 23.8 Å². The summed E-state index contributed by atoms with van der Waals surface area (Å²) in [5.41, 5.74) is 0. The molecule has 17 heavy (non-hydrogen) atoms. The Bertz CT molecular complexity index is 302. The molecule has 0 radical (unpaired) electrons. The zero-order valence-corrected chi connectivity index (χ0v) is 10.9. The second kappa shape index (κ2) is 8.76. The summed E-state index contributed by atoms with van der Waals surface area (Å²) >= 11 is 1.63. The molecule has 5 nitrogen and oxygen atoms in total. The van der Waals surface area contributed by atoms with Crippen LogP contribution >= 0.6 is 11.8 Å². The lowest BCUT2D eigenvalue weighted by atomic mass is 10.2. The Labute approximate surface area is 106 Å². The summed E-state index contributed by atoms with van der Waals surface area (Å²) in [5, 5.41) is 11.4. The largest absolute Gasteiger partial charge is 0.480 e. The number of nitrogens with one attached hydrogen (secondary N) is 1. The lowest BCUT2D eigenvalue weighted by Gasteiger charge is -2.22. The number of amides is 2. The Morgan fingerprint density at radius 3 is 2.65 bits per heavy atom. The number of terminal acetylenes is 1. The molecule has 6 heteroatoms. The van der Waals surface area contributed by atoms with Gasteiger partial charge in [0.2, 0.25) is 0 Å². The first-order chi connectivity index (χ1) is 8.04. The Kier molecular flexibility index (Phi) is 8.07. The highest BCUT2D eigenvalue weighted by Crippen LogP contribution is 2.02. The van der Waals surface area contributed by atoms with Gasteiger partial charge >= 0.3 is 12.0 Å². The Balaban J connectivity index is 4.39. The van der Waals surface area contributed by atoms with Gasteiger partial charge < -0.3 is 15.3 Å². The quantitative estimate of drug-likeness (QED) is 0.664. The third-order valence-corrected chi connectivity index (χ3v) is 2.82. The molecule has 1 unspecified atom stereocenters. The highest BCUT2D eigenvalue weighted by Gasteiger charge is 2.18. The molecule has 0 spiro atoms. The molecular weight excluding hydrogens is 240 g/mol. The zero-order chi connectivity index (χ0) is 13.3. The van der Waals surface area contributed by atoms with Crippen molar-refractivity contribution in [3.05, 3.63) is 0 Å². The first-order valence-electron chi connectivity index (χ1n) is 5.24. The van der Waals surface area contributed by atoms with Crippen molar-refractivity contribution in [3.8, 4) is 12.3 Å². The van der Waals surface area contributed by atoms with E-state index in [1.54, 1.807) is 11.8 Å². The van der Waals surface area contributed by atoms with Crippen LogP contribution in [0.3, 0.4) is 0 Å². The van der Waals surface area contributed by atoms with Crippen molar-refractivity contribution in [1.29, 1.82) is 0 Å². The number of rotatable bonds is 7. The highest BCUT2D eigenvalue weighted by atomic mass is 32.2. The van der Waals surface area contributed by atoms with Gasteiger partial charge in [-0.05, 0) is 12.7 Å². The topological polar surface area (TPSA) is 69.6 Å². The molecule has 0 aromatic rings. The maximum absolute atomic E-state index is 11.8. The summed E-state index contributed by atoms with van der Waals surface area (Å²) in [6.45, 7) is 1.57. The van der Waals surface area contributed by atoms with Crippen LogP contribution in [-0.4, -0.2) is 53.1 Å². The molecule has 0 saturated carbocycles. The van der Waals surface area contributed by atoms with Crippen LogP contribution < -0.4 is 5.32 Å². The van der Waals surface area contributed by atoms with Gasteiger partial charge in [0, 0.05) is 11.8 Å². The van der Waals surface area contributed by atoms with E-state index in [2.05, 4.69) is 11.2 Å². The summed E-state index contributed by atoms with van der Waals surface area (Å²) in [7, 11) is 0. The molecule has 0 fully saturated rings. The molecule has 1 atom stereocenters. The fraction of sp³-hybridized carbons (Fsp3) is 0.636. The van der Waals surface area contributed by atoms with Gasteiger partial charge in [0.15, 0.2) is 0 Å². The second-order valence-corrected chi connectivity index (χ2v) is 4.37. The first kappa shape index (κ1) is 15.7. The SMILES string of the molecule is C#CCN(CC(=O)O)C(=O)NC(CC)CSC. The number of hydrogen-bond donors (Lipinski definition) is 2. The van der Waals surface area contributed by atoms with Gasteiger partial charge in [-0.3, -0.25) is 4.79 Å². The van der Waals surface area contributed by atoms with Crippen molar-refractivity contribution in [2.45, 2.75) is 19.4 Å². The average Bonchev–Trinajstić information content (AvgIpc) is 2.27. The van der Waals surface area contributed by atoms with E-state index in [1.807, 2.05) is 13.2 Å². The third kappa shape index (κ3) is 6.74.